The molecule has 0 aromatic carbocycles. The summed E-state index contributed by atoms with van der Waals surface area (Å²) in [6, 6.07) is 1.58. The minimum atomic E-state index is -0.955. The summed E-state index contributed by atoms with van der Waals surface area (Å²) in [4.78, 5) is 15.7. The second kappa shape index (κ2) is 4.45. The smallest absolute Gasteiger partial charge is 0.313 e. The molecule has 0 amide bonds. The standard InChI is InChI=1S/C13H16N4O3/c1-8-5-9-11(14-3-4-17(9)16-8)15-10-6-20-7-13(10,2)12(18)19/h3-5,10H,6-7H2,1-2H3,(H,14,15)(H,18,19). The fraction of sp³-hybridized carbons (Fsp3) is 0.462. The number of rotatable bonds is 3. The number of aromatic nitrogens is 3. The van der Waals surface area contributed by atoms with Gasteiger partial charge in [0, 0.05) is 12.4 Å². The molecule has 3 rings (SSSR count). The Morgan fingerprint density at radius 3 is 3.20 bits per heavy atom. The monoisotopic (exact) mass is 276 g/mol. The maximum Gasteiger partial charge on any atom is 0.313 e. The normalized spacial score (nSPS) is 26.0. The first-order valence-corrected chi connectivity index (χ1v) is 6.39. The van der Waals surface area contributed by atoms with Crippen molar-refractivity contribution in [3.8, 4) is 0 Å². The van der Waals surface area contributed by atoms with E-state index in [1.54, 1.807) is 23.8 Å². The third-order valence-electron chi connectivity index (χ3n) is 3.77. The molecule has 106 valence electrons. The SMILES string of the molecule is Cc1cc2c(NC3COCC3(C)C(=O)O)nccn2n1. The van der Waals surface area contributed by atoms with Crippen LogP contribution in [0.2, 0.25) is 0 Å². The van der Waals surface area contributed by atoms with E-state index >= 15 is 0 Å². The number of fused-ring (bicyclic) bond motifs is 1. The predicted octanol–water partition coefficient (Wildman–Crippen LogP) is 0.939. The highest BCUT2D eigenvalue weighted by Gasteiger charge is 2.47. The number of carboxylic acids is 1. The van der Waals surface area contributed by atoms with E-state index in [4.69, 9.17) is 4.74 Å². The van der Waals surface area contributed by atoms with Gasteiger partial charge in [-0.05, 0) is 19.9 Å². The van der Waals surface area contributed by atoms with Gasteiger partial charge in [-0.15, -0.1) is 0 Å². The predicted molar refractivity (Wildman–Crippen MR) is 71.7 cm³/mol. The molecule has 1 aliphatic heterocycles. The van der Waals surface area contributed by atoms with Gasteiger partial charge in [0.05, 0.1) is 24.9 Å². The van der Waals surface area contributed by atoms with Gasteiger partial charge in [-0.2, -0.15) is 5.10 Å². The van der Waals surface area contributed by atoms with Gasteiger partial charge < -0.3 is 15.2 Å². The van der Waals surface area contributed by atoms with Crippen molar-refractivity contribution in [2.24, 2.45) is 5.41 Å². The van der Waals surface area contributed by atoms with Crippen LogP contribution in [0.3, 0.4) is 0 Å². The highest BCUT2D eigenvalue weighted by molar-refractivity contribution is 5.77. The quantitative estimate of drug-likeness (QED) is 0.867. The molecule has 20 heavy (non-hydrogen) atoms. The van der Waals surface area contributed by atoms with E-state index in [2.05, 4.69) is 15.4 Å². The molecular formula is C13H16N4O3. The zero-order valence-electron chi connectivity index (χ0n) is 11.3. The Labute approximate surface area is 115 Å². The molecule has 0 aliphatic carbocycles. The second-order valence-electron chi connectivity index (χ2n) is 5.33. The number of anilines is 1. The lowest BCUT2D eigenvalue weighted by molar-refractivity contribution is -0.148. The average molecular weight is 276 g/mol. The van der Waals surface area contributed by atoms with Gasteiger partial charge in [0.25, 0.3) is 0 Å². The summed E-state index contributed by atoms with van der Waals surface area (Å²) < 4.78 is 7.05. The summed E-state index contributed by atoms with van der Waals surface area (Å²) >= 11 is 0. The molecule has 2 atom stereocenters. The third-order valence-corrected chi connectivity index (χ3v) is 3.77. The Bertz CT molecular complexity index is 669. The van der Waals surface area contributed by atoms with Crippen LogP contribution in [-0.2, 0) is 9.53 Å². The van der Waals surface area contributed by atoms with Gasteiger partial charge in [-0.3, -0.25) is 4.79 Å². The number of aliphatic carboxylic acids is 1. The summed E-state index contributed by atoms with van der Waals surface area (Å²) in [7, 11) is 0. The van der Waals surface area contributed by atoms with Crippen LogP contribution < -0.4 is 5.32 Å². The molecule has 1 fully saturated rings. The molecule has 2 N–H and O–H groups in total. The number of hydrogen-bond acceptors (Lipinski definition) is 5. The summed E-state index contributed by atoms with van der Waals surface area (Å²) in [5, 5.41) is 16.9. The van der Waals surface area contributed by atoms with Crippen LogP contribution in [0.25, 0.3) is 5.52 Å². The Hall–Kier alpha value is -2.15. The number of carboxylic acid groups (broad SMARTS) is 1. The molecule has 2 aromatic rings. The van der Waals surface area contributed by atoms with E-state index in [1.807, 2.05) is 13.0 Å². The first kappa shape index (κ1) is 12.9. The molecule has 1 aliphatic rings. The molecule has 3 heterocycles. The van der Waals surface area contributed by atoms with Crippen LogP contribution >= 0.6 is 0 Å². The summed E-state index contributed by atoms with van der Waals surface area (Å²) in [5.41, 5.74) is 0.748. The lowest BCUT2D eigenvalue weighted by atomic mass is 9.85. The fourth-order valence-electron chi connectivity index (χ4n) is 2.41. The van der Waals surface area contributed by atoms with E-state index < -0.39 is 11.4 Å². The highest BCUT2D eigenvalue weighted by atomic mass is 16.5. The minimum Gasteiger partial charge on any atom is -0.481 e. The Morgan fingerprint density at radius 1 is 1.65 bits per heavy atom. The molecule has 7 heteroatoms. The van der Waals surface area contributed by atoms with Gasteiger partial charge in [-0.25, -0.2) is 9.50 Å². The first-order chi connectivity index (χ1) is 9.50. The van der Waals surface area contributed by atoms with Gasteiger partial charge in [0.15, 0.2) is 5.82 Å². The van der Waals surface area contributed by atoms with Crippen LogP contribution in [0.15, 0.2) is 18.5 Å². The second-order valence-corrected chi connectivity index (χ2v) is 5.33. The molecular weight excluding hydrogens is 260 g/mol. The van der Waals surface area contributed by atoms with Gasteiger partial charge >= 0.3 is 5.97 Å². The molecule has 0 spiro atoms. The molecule has 0 saturated carbocycles. The summed E-state index contributed by atoms with van der Waals surface area (Å²) in [5.74, 6) is -0.250. The minimum absolute atomic E-state index is 0.196. The van der Waals surface area contributed by atoms with Crippen LogP contribution in [0.4, 0.5) is 5.82 Å². The van der Waals surface area contributed by atoms with E-state index in [0.717, 1.165) is 11.2 Å². The third kappa shape index (κ3) is 1.90. The van der Waals surface area contributed by atoms with E-state index in [1.165, 1.54) is 0 Å². The van der Waals surface area contributed by atoms with Crippen molar-refractivity contribution >= 4 is 17.3 Å². The largest absolute Gasteiger partial charge is 0.481 e. The van der Waals surface area contributed by atoms with Crippen molar-refractivity contribution < 1.29 is 14.6 Å². The molecule has 2 aromatic heterocycles. The topological polar surface area (TPSA) is 88.8 Å². The lowest BCUT2D eigenvalue weighted by Gasteiger charge is -2.26. The summed E-state index contributed by atoms with van der Waals surface area (Å²) in [6.07, 6.45) is 3.39. The molecule has 7 nitrogen and oxygen atoms in total. The van der Waals surface area contributed by atoms with Crippen molar-refractivity contribution in [3.63, 3.8) is 0 Å². The van der Waals surface area contributed by atoms with Crippen molar-refractivity contribution in [1.29, 1.82) is 0 Å². The Kier molecular flexibility index (Phi) is 2.86. The van der Waals surface area contributed by atoms with Crippen molar-refractivity contribution in [2.75, 3.05) is 18.5 Å². The van der Waals surface area contributed by atoms with Crippen molar-refractivity contribution in [1.82, 2.24) is 14.6 Å². The average Bonchev–Trinajstić information content (AvgIpc) is 2.94. The summed E-state index contributed by atoms with van der Waals surface area (Å²) in [6.45, 7) is 4.12. The maximum absolute atomic E-state index is 11.4. The zero-order chi connectivity index (χ0) is 14.3. The van der Waals surface area contributed by atoms with Crippen LogP contribution in [0.1, 0.15) is 12.6 Å². The van der Waals surface area contributed by atoms with Crippen LogP contribution in [0.5, 0.6) is 0 Å². The maximum atomic E-state index is 11.4. The Balaban J connectivity index is 1.95. The van der Waals surface area contributed by atoms with Crippen LogP contribution in [0, 0.1) is 12.3 Å². The number of nitrogens with zero attached hydrogens (tertiary/aromatic N) is 3. The molecule has 0 radical (unpaired) electrons. The fourth-order valence-corrected chi connectivity index (χ4v) is 2.41. The lowest BCUT2D eigenvalue weighted by Crippen LogP contribution is -2.43. The first-order valence-electron chi connectivity index (χ1n) is 6.39. The molecule has 1 saturated heterocycles. The van der Waals surface area contributed by atoms with Gasteiger partial charge in [0.2, 0.25) is 0 Å². The van der Waals surface area contributed by atoms with E-state index in [0.29, 0.717) is 12.4 Å². The van der Waals surface area contributed by atoms with Gasteiger partial charge in [0.1, 0.15) is 10.9 Å². The van der Waals surface area contributed by atoms with Gasteiger partial charge in [-0.1, -0.05) is 0 Å². The van der Waals surface area contributed by atoms with E-state index in [9.17, 15) is 9.90 Å². The van der Waals surface area contributed by atoms with E-state index in [-0.39, 0.29) is 12.6 Å². The van der Waals surface area contributed by atoms with Crippen molar-refractivity contribution in [2.45, 2.75) is 19.9 Å². The van der Waals surface area contributed by atoms with Crippen LogP contribution in [-0.4, -0.2) is 44.9 Å². The number of ether oxygens (including phenoxy) is 1. The molecule has 2 unspecified atom stereocenters. The Morgan fingerprint density at radius 2 is 2.45 bits per heavy atom. The zero-order valence-corrected chi connectivity index (χ0v) is 11.3. The molecule has 0 bridgehead atoms. The highest BCUT2D eigenvalue weighted by Crippen LogP contribution is 2.31. The number of aryl methyl sites for hydroxylation is 1. The number of nitrogens with one attached hydrogen (secondary N) is 1. The van der Waals surface area contributed by atoms with Crippen molar-refractivity contribution in [3.05, 3.63) is 24.2 Å². The number of hydrogen-bond donors (Lipinski definition) is 2. The number of carbonyl (C=O) groups is 1.